The van der Waals surface area contributed by atoms with Crippen LogP contribution in [0, 0.1) is 0 Å². The van der Waals surface area contributed by atoms with E-state index in [1.807, 2.05) is 6.07 Å². The van der Waals surface area contributed by atoms with Crippen molar-refractivity contribution in [3.8, 4) is 0 Å². The molecular weight excluding hydrogens is 408 g/mol. The number of rotatable bonds is 10. The number of benzene rings is 1. The maximum atomic E-state index is 12.4. The smallest absolute Gasteiger partial charge is 0.338 e. The summed E-state index contributed by atoms with van der Waals surface area (Å²) >= 11 is 3.50. The summed E-state index contributed by atoms with van der Waals surface area (Å²) in [6.45, 7) is 4.46. The molecule has 1 saturated carbocycles. The number of hydrogen-bond donors (Lipinski definition) is 2. The highest BCUT2D eigenvalue weighted by atomic mass is 79.9. The van der Waals surface area contributed by atoms with Crippen LogP contribution in [0.25, 0.3) is 0 Å². The minimum atomic E-state index is -0.318. The van der Waals surface area contributed by atoms with Gasteiger partial charge in [0, 0.05) is 23.7 Å². The maximum Gasteiger partial charge on any atom is 0.338 e. The van der Waals surface area contributed by atoms with Gasteiger partial charge in [-0.1, -0.05) is 26.2 Å². The van der Waals surface area contributed by atoms with Crippen LogP contribution in [0.1, 0.15) is 74.2 Å². The molecule has 27 heavy (non-hydrogen) atoms. The molecule has 152 valence electrons. The van der Waals surface area contributed by atoms with Gasteiger partial charge in [0.15, 0.2) is 0 Å². The second-order valence-electron chi connectivity index (χ2n) is 7.31. The Bertz CT molecular complexity index is 603. The lowest BCUT2D eigenvalue weighted by atomic mass is 9.93. The molecule has 0 aromatic heterocycles. The summed E-state index contributed by atoms with van der Waals surface area (Å²) < 4.78 is 6.12. The normalized spacial score (nSPS) is 15.3. The molecule has 3 N–H and O–H groups in total. The molecule has 0 saturated heterocycles. The second-order valence-corrected chi connectivity index (χ2v) is 8.16. The SMILES string of the molecule is CCN(Cc1cc(C(=O)OCCCCCO)cc(Br)c1N)C1CCCCC1. The molecule has 0 unspecified atom stereocenters. The Labute approximate surface area is 171 Å². The van der Waals surface area contributed by atoms with Crippen molar-refractivity contribution < 1.29 is 14.6 Å². The van der Waals surface area contributed by atoms with Crippen LogP contribution in [0.4, 0.5) is 5.69 Å². The topological polar surface area (TPSA) is 75.8 Å². The van der Waals surface area contributed by atoms with Crippen LogP contribution in [0.15, 0.2) is 16.6 Å². The van der Waals surface area contributed by atoms with Gasteiger partial charge < -0.3 is 15.6 Å². The fraction of sp³-hybridized carbons (Fsp3) is 0.667. The molecule has 2 rings (SSSR count). The third kappa shape index (κ3) is 6.77. The summed E-state index contributed by atoms with van der Waals surface area (Å²) in [5.74, 6) is -0.318. The van der Waals surface area contributed by atoms with E-state index < -0.39 is 0 Å². The molecule has 5 nitrogen and oxygen atoms in total. The average molecular weight is 441 g/mol. The van der Waals surface area contributed by atoms with Gasteiger partial charge in [0.25, 0.3) is 0 Å². The number of nitrogens with zero attached hydrogens (tertiary/aromatic N) is 1. The van der Waals surface area contributed by atoms with Gasteiger partial charge in [0.1, 0.15) is 0 Å². The molecule has 6 heteroatoms. The first-order chi connectivity index (χ1) is 13.1. The van der Waals surface area contributed by atoms with E-state index in [1.54, 1.807) is 6.07 Å². The van der Waals surface area contributed by atoms with Crippen molar-refractivity contribution in [1.82, 2.24) is 4.90 Å². The first kappa shape index (κ1) is 22.2. The first-order valence-electron chi connectivity index (χ1n) is 10.2. The van der Waals surface area contributed by atoms with Crippen molar-refractivity contribution in [2.45, 2.75) is 70.9 Å². The Morgan fingerprint density at radius 1 is 1.26 bits per heavy atom. The van der Waals surface area contributed by atoms with Gasteiger partial charge in [0.2, 0.25) is 0 Å². The van der Waals surface area contributed by atoms with E-state index in [9.17, 15) is 4.79 Å². The van der Waals surface area contributed by atoms with Crippen molar-refractivity contribution >= 4 is 27.6 Å². The lowest BCUT2D eigenvalue weighted by Gasteiger charge is -2.34. The number of aliphatic hydroxyl groups excluding tert-OH is 1. The highest BCUT2D eigenvalue weighted by Gasteiger charge is 2.22. The van der Waals surface area contributed by atoms with Crippen LogP contribution < -0.4 is 5.73 Å². The van der Waals surface area contributed by atoms with Crippen LogP contribution >= 0.6 is 15.9 Å². The van der Waals surface area contributed by atoms with E-state index in [4.69, 9.17) is 15.6 Å². The number of nitrogens with two attached hydrogens (primary N) is 1. The number of aliphatic hydroxyl groups is 1. The van der Waals surface area contributed by atoms with Crippen LogP contribution in [-0.2, 0) is 11.3 Å². The van der Waals surface area contributed by atoms with Crippen LogP contribution in [0.3, 0.4) is 0 Å². The first-order valence-corrected chi connectivity index (χ1v) is 11.0. The van der Waals surface area contributed by atoms with Crippen molar-refractivity contribution in [2.24, 2.45) is 0 Å². The highest BCUT2D eigenvalue weighted by molar-refractivity contribution is 9.10. The largest absolute Gasteiger partial charge is 0.462 e. The van der Waals surface area contributed by atoms with E-state index in [0.717, 1.165) is 42.4 Å². The zero-order valence-corrected chi connectivity index (χ0v) is 18.0. The third-order valence-corrected chi connectivity index (χ3v) is 6.01. The molecule has 1 aromatic rings. The number of nitrogen functional groups attached to an aromatic ring is 1. The number of carbonyl (C=O) groups excluding carboxylic acids is 1. The molecule has 0 amide bonds. The number of anilines is 1. The fourth-order valence-electron chi connectivity index (χ4n) is 3.73. The monoisotopic (exact) mass is 440 g/mol. The molecule has 1 fully saturated rings. The molecule has 0 radical (unpaired) electrons. The molecule has 0 heterocycles. The number of carbonyl (C=O) groups is 1. The standard InChI is InChI=1S/C21H33BrN2O3/c1-2-24(18-9-5-3-6-10-18)15-17-13-16(14-19(22)20(17)23)21(26)27-12-8-4-7-11-25/h13-14,18,25H,2-12,15,23H2,1H3. The molecule has 0 spiro atoms. The average Bonchev–Trinajstić information content (AvgIpc) is 2.69. The summed E-state index contributed by atoms with van der Waals surface area (Å²) in [6, 6.07) is 4.22. The van der Waals surface area contributed by atoms with E-state index in [-0.39, 0.29) is 12.6 Å². The number of unbranched alkanes of at least 4 members (excludes halogenated alkanes) is 2. The Morgan fingerprint density at radius 2 is 2.00 bits per heavy atom. The van der Waals surface area contributed by atoms with E-state index in [0.29, 0.717) is 23.9 Å². The highest BCUT2D eigenvalue weighted by Crippen LogP contribution is 2.30. The summed E-state index contributed by atoms with van der Waals surface area (Å²) in [7, 11) is 0. The lowest BCUT2D eigenvalue weighted by Crippen LogP contribution is -2.36. The number of hydrogen-bond acceptors (Lipinski definition) is 5. The maximum absolute atomic E-state index is 12.4. The number of esters is 1. The Balaban J connectivity index is 2.04. The van der Waals surface area contributed by atoms with Gasteiger partial charge in [-0.25, -0.2) is 4.79 Å². The van der Waals surface area contributed by atoms with Gasteiger partial charge in [-0.3, -0.25) is 4.90 Å². The van der Waals surface area contributed by atoms with Gasteiger partial charge in [-0.05, 0) is 72.3 Å². The van der Waals surface area contributed by atoms with Gasteiger partial charge in [-0.15, -0.1) is 0 Å². The summed E-state index contributed by atoms with van der Waals surface area (Å²) in [4.78, 5) is 14.9. The molecule has 1 aliphatic rings. The summed E-state index contributed by atoms with van der Waals surface area (Å²) in [6.07, 6.45) is 8.76. The predicted octanol–water partition coefficient (Wildman–Crippen LogP) is 4.51. The number of ether oxygens (including phenoxy) is 1. The van der Waals surface area contributed by atoms with Crippen LogP contribution in [0.2, 0.25) is 0 Å². The quantitative estimate of drug-likeness (QED) is 0.318. The van der Waals surface area contributed by atoms with E-state index in [2.05, 4.69) is 27.8 Å². The third-order valence-electron chi connectivity index (χ3n) is 5.36. The molecule has 0 atom stereocenters. The number of halogens is 1. The van der Waals surface area contributed by atoms with Crippen molar-refractivity contribution in [3.63, 3.8) is 0 Å². The zero-order valence-electron chi connectivity index (χ0n) is 16.4. The second kappa shape index (κ2) is 11.7. The minimum Gasteiger partial charge on any atom is -0.462 e. The van der Waals surface area contributed by atoms with Crippen LogP contribution in [0.5, 0.6) is 0 Å². The zero-order chi connectivity index (χ0) is 19.6. The lowest BCUT2D eigenvalue weighted by molar-refractivity contribution is 0.0496. The predicted molar refractivity (Wildman–Crippen MR) is 113 cm³/mol. The van der Waals surface area contributed by atoms with Crippen molar-refractivity contribution in [3.05, 3.63) is 27.7 Å². The van der Waals surface area contributed by atoms with Gasteiger partial charge >= 0.3 is 5.97 Å². The molecule has 0 bridgehead atoms. The summed E-state index contributed by atoms with van der Waals surface area (Å²) in [5.41, 5.74) is 8.50. The molecular formula is C21H33BrN2O3. The van der Waals surface area contributed by atoms with Crippen LogP contribution in [-0.4, -0.2) is 41.8 Å². The fourth-order valence-corrected chi connectivity index (χ4v) is 4.23. The van der Waals surface area contributed by atoms with E-state index >= 15 is 0 Å². The summed E-state index contributed by atoms with van der Waals surface area (Å²) in [5, 5.41) is 8.80. The van der Waals surface area contributed by atoms with Crippen molar-refractivity contribution in [2.75, 3.05) is 25.5 Å². The van der Waals surface area contributed by atoms with Gasteiger partial charge in [-0.2, -0.15) is 0 Å². The Hall–Kier alpha value is -1.11. The Morgan fingerprint density at radius 3 is 2.67 bits per heavy atom. The minimum absolute atomic E-state index is 0.178. The Kier molecular flexibility index (Phi) is 9.59. The molecule has 0 aliphatic heterocycles. The van der Waals surface area contributed by atoms with E-state index in [1.165, 1.54) is 32.1 Å². The molecule has 1 aromatic carbocycles. The van der Waals surface area contributed by atoms with Crippen molar-refractivity contribution in [1.29, 1.82) is 0 Å². The molecule has 1 aliphatic carbocycles. The van der Waals surface area contributed by atoms with Gasteiger partial charge in [0.05, 0.1) is 17.9 Å².